The standard InChI is InChI=1S/C27H33N11O/c1-35-11-12-39-24(18-35)19-38-17-23(16-32-38)33-25-30-20-31-27(34-25)37-9-7-36(8-10-37)26-28-14-22(15-29-26)13-21-5-3-2-4-6-21/h2-6,14-17,20,24H,7-13,18-19H2,1H3,(H,30,31,33,34)/t24-/m0/s1. The SMILES string of the molecule is CN1CCO[C@H](Cn2cc(Nc3ncnc(N4CCN(c5ncc(Cc6ccccc6)cn5)CC4)n3)cn2)C1. The van der Waals surface area contributed by atoms with Gasteiger partial charge in [0.25, 0.3) is 0 Å². The Morgan fingerprint density at radius 2 is 1.64 bits per heavy atom. The monoisotopic (exact) mass is 527 g/mol. The molecule has 1 aromatic carbocycles. The molecule has 2 saturated heterocycles. The highest BCUT2D eigenvalue weighted by atomic mass is 16.5. The third-order valence-corrected chi connectivity index (χ3v) is 6.97. The second kappa shape index (κ2) is 11.7. The highest BCUT2D eigenvalue weighted by Crippen LogP contribution is 2.18. The van der Waals surface area contributed by atoms with Crippen molar-refractivity contribution in [2.45, 2.75) is 19.1 Å². The van der Waals surface area contributed by atoms with Crippen molar-refractivity contribution in [1.82, 2.24) is 39.6 Å². The van der Waals surface area contributed by atoms with Gasteiger partial charge in [-0.05, 0) is 18.2 Å². The summed E-state index contributed by atoms with van der Waals surface area (Å²) >= 11 is 0. The zero-order chi connectivity index (χ0) is 26.4. The molecule has 1 atom stereocenters. The minimum absolute atomic E-state index is 0.136. The van der Waals surface area contributed by atoms with Crippen molar-refractivity contribution in [3.05, 3.63) is 72.6 Å². The number of likely N-dealkylation sites (N-methyl/N-ethyl adjacent to an activating group) is 1. The summed E-state index contributed by atoms with van der Waals surface area (Å²) in [6, 6.07) is 10.4. The largest absolute Gasteiger partial charge is 0.374 e. The lowest BCUT2D eigenvalue weighted by Gasteiger charge is -2.34. The molecule has 0 amide bonds. The second-order valence-electron chi connectivity index (χ2n) is 9.97. The fraction of sp³-hybridized carbons (Fsp3) is 0.407. The summed E-state index contributed by atoms with van der Waals surface area (Å²) in [6.07, 6.45) is 10.1. The lowest BCUT2D eigenvalue weighted by Crippen LogP contribution is -2.47. The van der Waals surface area contributed by atoms with Gasteiger partial charge in [-0.1, -0.05) is 30.3 Å². The number of hydrogen-bond acceptors (Lipinski definition) is 11. The Bertz CT molecular complexity index is 1340. The van der Waals surface area contributed by atoms with E-state index < -0.39 is 0 Å². The zero-order valence-electron chi connectivity index (χ0n) is 22.1. The van der Waals surface area contributed by atoms with E-state index in [-0.39, 0.29) is 6.10 Å². The Kier molecular flexibility index (Phi) is 7.54. The van der Waals surface area contributed by atoms with Crippen LogP contribution in [0.25, 0.3) is 0 Å². The van der Waals surface area contributed by atoms with Crippen LogP contribution in [-0.2, 0) is 17.7 Å². The van der Waals surface area contributed by atoms with E-state index in [1.165, 1.54) is 5.56 Å². The average Bonchev–Trinajstić information content (AvgIpc) is 3.40. The molecule has 39 heavy (non-hydrogen) atoms. The zero-order valence-corrected chi connectivity index (χ0v) is 22.1. The first-order valence-corrected chi connectivity index (χ1v) is 13.3. The molecule has 1 N–H and O–H groups in total. The maximum atomic E-state index is 5.85. The van der Waals surface area contributed by atoms with Crippen molar-refractivity contribution in [3.63, 3.8) is 0 Å². The van der Waals surface area contributed by atoms with Gasteiger partial charge in [0, 0.05) is 64.3 Å². The predicted octanol–water partition coefficient (Wildman–Crippen LogP) is 1.85. The molecule has 0 saturated carbocycles. The van der Waals surface area contributed by atoms with E-state index in [0.29, 0.717) is 18.4 Å². The number of ether oxygens (including phenoxy) is 1. The van der Waals surface area contributed by atoms with Gasteiger partial charge in [0.1, 0.15) is 6.33 Å². The smallest absolute Gasteiger partial charge is 0.232 e. The van der Waals surface area contributed by atoms with E-state index in [2.05, 4.69) is 81.3 Å². The average molecular weight is 528 g/mol. The molecule has 0 unspecified atom stereocenters. The first kappa shape index (κ1) is 25.1. The Morgan fingerprint density at radius 1 is 0.872 bits per heavy atom. The summed E-state index contributed by atoms with van der Waals surface area (Å²) in [5.41, 5.74) is 3.19. The van der Waals surface area contributed by atoms with Crippen LogP contribution in [0.2, 0.25) is 0 Å². The van der Waals surface area contributed by atoms with Gasteiger partial charge < -0.3 is 24.8 Å². The van der Waals surface area contributed by atoms with Crippen molar-refractivity contribution in [3.8, 4) is 0 Å². The van der Waals surface area contributed by atoms with E-state index >= 15 is 0 Å². The molecule has 2 aliphatic heterocycles. The van der Waals surface area contributed by atoms with Crippen LogP contribution in [0.1, 0.15) is 11.1 Å². The lowest BCUT2D eigenvalue weighted by atomic mass is 10.1. The highest BCUT2D eigenvalue weighted by Gasteiger charge is 2.22. The normalized spacial score (nSPS) is 18.3. The minimum atomic E-state index is 0.136. The van der Waals surface area contributed by atoms with E-state index in [4.69, 9.17) is 4.74 Å². The lowest BCUT2D eigenvalue weighted by molar-refractivity contribution is -0.0290. The number of benzene rings is 1. The molecular formula is C27H33N11O. The van der Waals surface area contributed by atoms with Crippen LogP contribution in [0.4, 0.5) is 23.5 Å². The summed E-state index contributed by atoms with van der Waals surface area (Å²) < 4.78 is 7.75. The Labute approximate surface area is 227 Å². The number of nitrogens with one attached hydrogen (secondary N) is 1. The Balaban J connectivity index is 1.02. The summed E-state index contributed by atoms with van der Waals surface area (Å²) in [5, 5.41) is 7.72. The first-order valence-electron chi connectivity index (χ1n) is 13.3. The predicted molar refractivity (Wildman–Crippen MR) is 148 cm³/mol. The molecule has 5 heterocycles. The van der Waals surface area contributed by atoms with E-state index in [1.54, 1.807) is 12.5 Å². The number of morpholine rings is 1. The van der Waals surface area contributed by atoms with Crippen LogP contribution in [0, 0.1) is 0 Å². The van der Waals surface area contributed by atoms with Gasteiger partial charge in [0.05, 0.1) is 31.1 Å². The number of nitrogens with zero attached hydrogens (tertiary/aromatic N) is 10. The summed E-state index contributed by atoms with van der Waals surface area (Å²) in [7, 11) is 2.11. The van der Waals surface area contributed by atoms with Gasteiger partial charge in [0.2, 0.25) is 17.8 Å². The fourth-order valence-corrected chi connectivity index (χ4v) is 4.88. The van der Waals surface area contributed by atoms with E-state index in [0.717, 1.165) is 69.5 Å². The van der Waals surface area contributed by atoms with Crippen molar-refractivity contribution >= 4 is 23.5 Å². The number of anilines is 4. The molecule has 0 aliphatic carbocycles. The number of piperazine rings is 1. The third kappa shape index (κ3) is 6.47. The first-order chi connectivity index (χ1) is 19.2. The van der Waals surface area contributed by atoms with Crippen LogP contribution in [0.3, 0.4) is 0 Å². The minimum Gasteiger partial charge on any atom is -0.374 e. The second-order valence-corrected chi connectivity index (χ2v) is 9.97. The van der Waals surface area contributed by atoms with Crippen molar-refractivity contribution < 1.29 is 4.74 Å². The van der Waals surface area contributed by atoms with Crippen LogP contribution >= 0.6 is 0 Å². The molecule has 202 valence electrons. The number of rotatable bonds is 8. The maximum absolute atomic E-state index is 5.85. The van der Waals surface area contributed by atoms with Gasteiger partial charge in [-0.25, -0.2) is 19.9 Å². The molecule has 12 nitrogen and oxygen atoms in total. The Hall–Kier alpha value is -4.16. The van der Waals surface area contributed by atoms with Crippen LogP contribution in [0.5, 0.6) is 0 Å². The van der Waals surface area contributed by atoms with Crippen LogP contribution in [0.15, 0.2) is 61.4 Å². The molecule has 0 bridgehead atoms. The van der Waals surface area contributed by atoms with Crippen molar-refractivity contribution in [2.24, 2.45) is 0 Å². The molecule has 4 aromatic rings. The highest BCUT2D eigenvalue weighted by molar-refractivity contribution is 5.51. The third-order valence-electron chi connectivity index (χ3n) is 6.97. The van der Waals surface area contributed by atoms with Crippen molar-refractivity contribution in [2.75, 3.05) is 68.0 Å². The Morgan fingerprint density at radius 3 is 2.41 bits per heavy atom. The molecule has 2 fully saturated rings. The molecule has 0 spiro atoms. The molecule has 12 heteroatoms. The quantitative estimate of drug-likeness (QED) is 0.362. The summed E-state index contributed by atoms with van der Waals surface area (Å²) in [6.45, 7) is 6.45. The molecule has 2 aliphatic rings. The van der Waals surface area contributed by atoms with Crippen LogP contribution < -0.4 is 15.1 Å². The number of aromatic nitrogens is 7. The maximum Gasteiger partial charge on any atom is 0.232 e. The molecule has 3 aromatic heterocycles. The van der Waals surface area contributed by atoms with Crippen LogP contribution in [-0.4, -0.2) is 98.6 Å². The fourth-order valence-electron chi connectivity index (χ4n) is 4.88. The summed E-state index contributed by atoms with van der Waals surface area (Å²) in [4.78, 5) is 29.3. The van der Waals surface area contributed by atoms with Gasteiger partial charge in [-0.2, -0.15) is 10.1 Å². The summed E-state index contributed by atoms with van der Waals surface area (Å²) in [5.74, 6) is 1.90. The van der Waals surface area contributed by atoms with Gasteiger partial charge >= 0.3 is 0 Å². The molecule has 0 radical (unpaired) electrons. The van der Waals surface area contributed by atoms with Gasteiger partial charge in [-0.15, -0.1) is 0 Å². The topological polar surface area (TPSA) is 113 Å². The van der Waals surface area contributed by atoms with E-state index in [9.17, 15) is 0 Å². The molecule has 6 rings (SSSR count). The molecular weight excluding hydrogens is 494 g/mol. The number of hydrogen-bond donors (Lipinski definition) is 1. The van der Waals surface area contributed by atoms with Gasteiger partial charge in [-0.3, -0.25) is 4.68 Å². The van der Waals surface area contributed by atoms with Crippen molar-refractivity contribution in [1.29, 1.82) is 0 Å². The van der Waals surface area contributed by atoms with E-state index in [1.807, 2.05) is 29.3 Å². The van der Waals surface area contributed by atoms with Gasteiger partial charge in [0.15, 0.2) is 0 Å².